The Labute approximate surface area is 98.8 Å². The van der Waals surface area contributed by atoms with Gasteiger partial charge in [0.1, 0.15) is 5.75 Å². The zero-order chi connectivity index (χ0) is 12.7. The van der Waals surface area contributed by atoms with E-state index in [2.05, 4.69) is 0 Å². The lowest BCUT2D eigenvalue weighted by Crippen LogP contribution is -2.49. The summed E-state index contributed by atoms with van der Waals surface area (Å²) in [5.41, 5.74) is 6.62. The van der Waals surface area contributed by atoms with Crippen molar-refractivity contribution >= 4 is 10.1 Å². The van der Waals surface area contributed by atoms with Gasteiger partial charge in [0.15, 0.2) is 0 Å². The molecule has 0 saturated carbocycles. The number of hydrogen-bond donors (Lipinski definition) is 3. The van der Waals surface area contributed by atoms with Crippen LogP contribution in [-0.4, -0.2) is 29.7 Å². The molecule has 6 nitrogen and oxygen atoms in total. The third kappa shape index (κ3) is 2.42. The highest BCUT2D eigenvalue weighted by molar-refractivity contribution is 7.87. The maximum Gasteiger partial charge on any atom is 0.309 e. The molecule has 0 spiro atoms. The van der Waals surface area contributed by atoms with Gasteiger partial charge in [0.25, 0.3) is 0 Å². The number of rotatable bonds is 3. The number of aliphatic hydroxyl groups is 1. The fourth-order valence-corrected chi connectivity index (χ4v) is 2.08. The molecule has 1 atom stereocenters. The van der Waals surface area contributed by atoms with Crippen LogP contribution >= 0.6 is 0 Å². The van der Waals surface area contributed by atoms with E-state index >= 15 is 0 Å². The van der Waals surface area contributed by atoms with Crippen LogP contribution in [-0.2, 0) is 23.0 Å². The van der Waals surface area contributed by atoms with Crippen LogP contribution in [0.3, 0.4) is 0 Å². The van der Waals surface area contributed by atoms with Gasteiger partial charge in [0, 0.05) is 12.8 Å². The van der Waals surface area contributed by atoms with Crippen molar-refractivity contribution in [2.45, 2.75) is 17.9 Å². The first-order chi connectivity index (χ1) is 7.79. The number of nitrogens with two attached hydrogens (primary N) is 1. The van der Waals surface area contributed by atoms with Gasteiger partial charge in [-0.25, -0.2) is 0 Å². The summed E-state index contributed by atoms with van der Waals surface area (Å²) in [5.74, 6) is 0.751. The number of hydrogen-bond acceptors (Lipinski definition) is 5. The van der Waals surface area contributed by atoms with Crippen molar-refractivity contribution in [3.05, 3.63) is 29.3 Å². The smallest absolute Gasteiger partial charge is 0.309 e. The molecule has 2 rings (SSSR count). The lowest BCUT2D eigenvalue weighted by molar-refractivity contribution is 0.120. The summed E-state index contributed by atoms with van der Waals surface area (Å²) in [6.45, 7) is 0.587. The Morgan fingerprint density at radius 2 is 2.18 bits per heavy atom. The predicted molar refractivity (Wildman–Crippen MR) is 60.0 cm³/mol. The molecule has 1 aromatic carbocycles. The maximum absolute atomic E-state index is 10.8. The Hall–Kier alpha value is -1.15. The molecule has 0 aromatic heterocycles. The summed E-state index contributed by atoms with van der Waals surface area (Å²) in [7, 11) is -4.71. The van der Waals surface area contributed by atoms with E-state index in [0.29, 0.717) is 12.2 Å². The van der Waals surface area contributed by atoms with E-state index < -0.39 is 15.2 Å². The van der Waals surface area contributed by atoms with Crippen molar-refractivity contribution in [2.75, 3.05) is 6.61 Å². The van der Waals surface area contributed by atoms with Crippen LogP contribution in [0, 0.1) is 0 Å². The molecule has 0 bridgehead atoms. The molecule has 0 amide bonds. The van der Waals surface area contributed by atoms with E-state index in [1.807, 2.05) is 0 Å². The average molecular weight is 259 g/mol. The van der Waals surface area contributed by atoms with Crippen LogP contribution in [0.1, 0.15) is 11.1 Å². The molecule has 1 heterocycles. The van der Waals surface area contributed by atoms with Crippen molar-refractivity contribution < 1.29 is 22.8 Å². The van der Waals surface area contributed by atoms with E-state index in [-0.39, 0.29) is 6.42 Å². The highest BCUT2D eigenvalue weighted by Gasteiger charge is 2.36. The number of benzene rings is 1. The van der Waals surface area contributed by atoms with Gasteiger partial charge in [-0.1, -0.05) is 12.1 Å². The Kier molecular flexibility index (Phi) is 2.86. The molecule has 1 aliphatic rings. The summed E-state index contributed by atoms with van der Waals surface area (Å²) in [6.07, 6.45) is 0.358. The quantitative estimate of drug-likeness (QED) is 0.506. The van der Waals surface area contributed by atoms with Gasteiger partial charge in [-0.15, -0.1) is 0 Å². The minimum Gasteiger partial charge on any atom is -0.493 e. The van der Waals surface area contributed by atoms with Crippen molar-refractivity contribution in [1.82, 2.24) is 0 Å². The second-order valence-electron chi connectivity index (χ2n) is 4.04. The highest BCUT2D eigenvalue weighted by Crippen LogP contribution is 2.27. The fourth-order valence-electron chi connectivity index (χ4n) is 1.73. The van der Waals surface area contributed by atoms with E-state index in [1.54, 1.807) is 18.2 Å². The molecule has 17 heavy (non-hydrogen) atoms. The van der Waals surface area contributed by atoms with Crippen LogP contribution < -0.4 is 10.5 Å². The largest absolute Gasteiger partial charge is 0.493 e. The van der Waals surface area contributed by atoms with E-state index in [9.17, 15) is 13.5 Å². The molecular formula is C10H13NO5S. The Balaban J connectivity index is 2.26. The summed E-state index contributed by atoms with van der Waals surface area (Å²) in [4.78, 5) is 0. The van der Waals surface area contributed by atoms with E-state index in [4.69, 9.17) is 15.0 Å². The second-order valence-corrected chi connectivity index (χ2v) is 5.69. The van der Waals surface area contributed by atoms with Crippen LogP contribution in [0.15, 0.2) is 18.2 Å². The first kappa shape index (κ1) is 12.3. The SMILES string of the molecule is NC(O)(Cc1ccc2c(c1)CCO2)S(=O)(=O)O. The maximum atomic E-state index is 10.8. The normalized spacial score (nSPS) is 18.3. The molecular weight excluding hydrogens is 246 g/mol. The van der Waals surface area contributed by atoms with Crippen molar-refractivity contribution in [3.8, 4) is 5.75 Å². The van der Waals surface area contributed by atoms with Gasteiger partial charge in [-0.05, 0) is 17.2 Å². The molecule has 4 N–H and O–H groups in total. The predicted octanol–water partition coefficient (Wildman–Crippen LogP) is -0.343. The van der Waals surface area contributed by atoms with Gasteiger partial charge in [0.2, 0.25) is 5.06 Å². The number of ether oxygens (including phenoxy) is 1. The Morgan fingerprint density at radius 1 is 1.47 bits per heavy atom. The van der Waals surface area contributed by atoms with Gasteiger partial charge in [-0.3, -0.25) is 10.3 Å². The van der Waals surface area contributed by atoms with Gasteiger partial charge in [-0.2, -0.15) is 8.42 Å². The summed E-state index contributed by atoms with van der Waals surface area (Å²) in [6, 6.07) is 5.01. The molecule has 1 aliphatic heterocycles. The minimum atomic E-state index is -4.71. The summed E-state index contributed by atoms with van der Waals surface area (Å²) in [5, 5.41) is 6.80. The number of fused-ring (bicyclic) bond motifs is 1. The van der Waals surface area contributed by atoms with Gasteiger partial charge in [0.05, 0.1) is 6.61 Å². The standard InChI is InChI=1S/C10H13NO5S/c11-10(12,17(13,14)15)6-7-1-2-9-8(5-7)3-4-16-9/h1-2,5,12H,3-4,6,11H2,(H,13,14,15). The second kappa shape index (κ2) is 3.95. The first-order valence-electron chi connectivity index (χ1n) is 5.02. The summed E-state index contributed by atoms with van der Waals surface area (Å²) < 4.78 is 35.8. The van der Waals surface area contributed by atoms with Crippen LogP contribution in [0.2, 0.25) is 0 Å². The third-order valence-corrected chi connectivity index (χ3v) is 3.70. The molecule has 0 saturated heterocycles. The van der Waals surface area contributed by atoms with E-state index in [0.717, 1.165) is 17.7 Å². The molecule has 0 fully saturated rings. The molecule has 0 aliphatic carbocycles. The van der Waals surface area contributed by atoms with E-state index in [1.165, 1.54) is 0 Å². The molecule has 94 valence electrons. The highest BCUT2D eigenvalue weighted by atomic mass is 32.2. The molecule has 0 radical (unpaired) electrons. The molecule has 1 aromatic rings. The fraction of sp³-hybridized carbons (Fsp3) is 0.400. The van der Waals surface area contributed by atoms with Crippen molar-refractivity contribution in [1.29, 1.82) is 0 Å². The van der Waals surface area contributed by atoms with Gasteiger partial charge >= 0.3 is 10.1 Å². The zero-order valence-electron chi connectivity index (χ0n) is 8.96. The zero-order valence-corrected chi connectivity index (χ0v) is 9.77. The monoisotopic (exact) mass is 259 g/mol. The van der Waals surface area contributed by atoms with Crippen molar-refractivity contribution in [2.24, 2.45) is 5.73 Å². The molecule has 7 heteroatoms. The lowest BCUT2D eigenvalue weighted by atomic mass is 10.1. The molecule has 1 unspecified atom stereocenters. The Bertz CT molecular complexity index is 538. The minimum absolute atomic E-state index is 0.376. The topological polar surface area (TPSA) is 110 Å². The summed E-state index contributed by atoms with van der Waals surface area (Å²) >= 11 is 0. The Morgan fingerprint density at radius 3 is 2.82 bits per heavy atom. The van der Waals surface area contributed by atoms with Crippen molar-refractivity contribution in [3.63, 3.8) is 0 Å². The van der Waals surface area contributed by atoms with Gasteiger partial charge < -0.3 is 9.84 Å². The van der Waals surface area contributed by atoms with Crippen LogP contribution in [0.5, 0.6) is 5.75 Å². The first-order valence-corrected chi connectivity index (χ1v) is 6.46. The van der Waals surface area contributed by atoms with Crippen LogP contribution in [0.25, 0.3) is 0 Å². The third-order valence-electron chi connectivity index (χ3n) is 2.66. The average Bonchev–Trinajstić information content (AvgIpc) is 2.62. The van der Waals surface area contributed by atoms with Crippen LogP contribution in [0.4, 0.5) is 0 Å². The lowest BCUT2D eigenvalue weighted by Gasteiger charge is -2.19.